The molecule has 1 atom stereocenters. The molecule has 1 aliphatic heterocycles. The number of hydrogen-bond acceptors (Lipinski definition) is 3. The molecule has 0 aromatic carbocycles. The third-order valence-corrected chi connectivity index (χ3v) is 3.01. The monoisotopic (exact) mass is 213 g/mol. The van der Waals surface area contributed by atoms with Gasteiger partial charge in [0.2, 0.25) is 5.91 Å². The highest BCUT2D eigenvalue weighted by molar-refractivity contribution is 5.78. The third kappa shape index (κ3) is 3.18. The van der Waals surface area contributed by atoms with Gasteiger partial charge in [-0.25, -0.2) is 0 Å². The van der Waals surface area contributed by atoms with Gasteiger partial charge in [0, 0.05) is 18.6 Å². The van der Waals surface area contributed by atoms with Crippen LogP contribution in [0.4, 0.5) is 0 Å². The van der Waals surface area contributed by atoms with E-state index in [1.807, 2.05) is 4.90 Å². The van der Waals surface area contributed by atoms with Crippen molar-refractivity contribution >= 4 is 5.91 Å². The number of hydrogen-bond donors (Lipinski definition) is 1. The Balaban J connectivity index is 2.66. The van der Waals surface area contributed by atoms with E-state index < -0.39 is 0 Å². The largest absolute Gasteiger partial charge is 0.335 e. The molecule has 2 N–H and O–H groups in total. The Labute approximate surface area is 92.4 Å². The van der Waals surface area contributed by atoms with Crippen molar-refractivity contribution in [3.05, 3.63) is 0 Å². The van der Waals surface area contributed by atoms with Gasteiger partial charge in [-0.05, 0) is 40.3 Å². The summed E-state index contributed by atoms with van der Waals surface area (Å²) in [5, 5.41) is 0. The standard InChI is InChI=1S/C11H23N3O/c1-9(2)14(11(15)7-12)10-5-4-6-13(3)8-10/h9-10H,4-8,12H2,1-3H3. The maximum atomic E-state index is 11.7. The summed E-state index contributed by atoms with van der Waals surface area (Å²) in [7, 11) is 2.11. The average Bonchev–Trinajstić information content (AvgIpc) is 2.17. The molecule has 0 radical (unpaired) electrons. The van der Waals surface area contributed by atoms with Gasteiger partial charge in [0.1, 0.15) is 0 Å². The van der Waals surface area contributed by atoms with Crippen molar-refractivity contribution < 1.29 is 4.79 Å². The van der Waals surface area contributed by atoms with E-state index in [0.29, 0.717) is 6.04 Å². The lowest BCUT2D eigenvalue weighted by Gasteiger charge is -2.40. The Hall–Kier alpha value is -0.610. The molecule has 1 rings (SSSR count). The minimum atomic E-state index is 0.0744. The molecule has 0 spiro atoms. The van der Waals surface area contributed by atoms with Crippen molar-refractivity contribution in [2.75, 3.05) is 26.7 Å². The van der Waals surface area contributed by atoms with E-state index in [1.165, 1.54) is 6.42 Å². The number of rotatable bonds is 3. The van der Waals surface area contributed by atoms with E-state index in [-0.39, 0.29) is 18.5 Å². The van der Waals surface area contributed by atoms with Gasteiger partial charge < -0.3 is 15.5 Å². The van der Waals surface area contributed by atoms with Crippen LogP contribution in [0.15, 0.2) is 0 Å². The molecule has 0 aromatic heterocycles. The number of piperidine rings is 1. The minimum absolute atomic E-state index is 0.0744. The summed E-state index contributed by atoms with van der Waals surface area (Å²) < 4.78 is 0. The van der Waals surface area contributed by atoms with Gasteiger partial charge in [-0.3, -0.25) is 4.79 Å². The van der Waals surface area contributed by atoms with E-state index in [4.69, 9.17) is 5.73 Å². The van der Waals surface area contributed by atoms with Gasteiger partial charge in [0.25, 0.3) is 0 Å². The molecule has 1 fully saturated rings. The second-order valence-corrected chi connectivity index (χ2v) is 4.66. The van der Waals surface area contributed by atoms with Crippen molar-refractivity contribution in [2.45, 2.75) is 38.8 Å². The Morgan fingerprint density at radius 1 is 1.60 bits per heavy atom. The van der Waals surface area contributed by atoms with Crippen LogP contribution in [0.2, 0.25) is 0 Å². The van der Waals surface area contributed by atoms with Gasteiger partial charge in [0.05, 0.1) is 6.54 Å². The summed E-state index contributed by atoms with van der Waals surface area (Å²) in [6.07, 6.45) is 2.27. The summed E-state index contributed by atoms with van der Waals surface area (Å²) in [5.41, 5.74) is 5.45. The second kappa shape index (κ2) is 5.47. The Morgan fingerprint density at radius 2 is 2.27 bits per heavy atom. The summed E-state index contributed by atoms with van der Waals surface area (Å²) >= 11 is 0. The Bertz CT molecular complexity index is 218. The summed E-state index contributed by atoms with van der Waals surface area (Å²) in [5.74, 6) is 0.0744. The molecule has 0 aliphatic carbocycles. The first-order valence-corrected chi connectivity index (χ1v) is 5.76. The van der Waals surface area contributed by atoms with Gasteiger partial charge in [0.15, 0.2) is 0 Å². The zero-order valence-electron chi connectivity index (χ0n) is 10.1. The molecule has 1 unspecified atom stereocenters. The first-order valence-electron chi connectivity index (χ1n) is 5.76. The van der Waals surface area contributed by atoms with Crippen LogP contribution in [0.3, 0.4) is 0 Å². The number of carbonyl (C=O) groups excluding carboxylic acids is 1. The smallest absolute Gasteiger partial charge is 0.236 e. The molecule has 1 saturated heterocycles. The lowest BCUT2D eigenvalue weighted by Crippen LogP contribution is -2.53. The van der Waals surface area contributed by atoms with Crippen LogP contribution >= 0.6 is 0 Å². The zero-order chi connectivity index (χ0) is 11.4. The quantitative estimate of drug-likeness (QED) is 0.732. The molecule has 0 saturated carbocycles. The van der Waals surface area contributed by atoms with E-state index in [0.717, 1.165) is 19.5 Å². The average molecular weight is 213 g/mol. The SMILES string of the molecule is CC(C)N(C(=O)CN)C1CCCN(C)C1. The van der Waals surface area contributed by atoms with Crippen LogP contribution in [0.5, 0.6) is 0 Å². The fourth-order valence-corrected chi connectivity index (χ4v) is 2.38. The maximum absolute atomic E-state index is 11.7. The van der Waals surface area contributed by atoms with Gasteiger partial charge in [-0.2, -0.15) is 0 Å². The minimum Gasteiger partial charge on any atom is -0.335 e. The van der Waals surface area contributed by atoms with E-state index in [2.05, 4.69) is 25.8 Å². The van der Waals surface area contributed by atoms with Crippen LogP contribution in [0.25, 0.3) is 0 Å². The summed E-state index contributed by atoms with van der Waals surface area (Å²) in [4.78, 5) is 16.0. The van der Waals surface area contributed by atoms with Gasteiger partial charge >= 0.3 is 0 Å². The molecule has 0 aromatic rings. The number of carbonyl (C=O) groups is 1. The fraction of sp³-hybridized carbons (Fsp3) is 0.909. The van der Waals surface area contributed by atoms with E-state index in [9.17, 15) is 4.79 Å². The van der Waals surface area contributed by atoms with Gasteiger partial charge in [-0.15, -0.1) is 0 Å². The van der Waals surface area contributed by atoms with E-state index >= 15 is 0 Å². The van der Waals surface area contributed by atoms with Crippen LogP contribution in [-0.2, 0) is 4.79 Å². The van der Waals surface area contributed by atoms with Crippen LogP contribution in [-0.4, -0.2) is 54.5 Å². The third-order valence-electron chi connectivity index (χ3n) is 3.01. The Morgan fingerprint density at radius 3 is 2.73 bits per heavy atom. The predicted octanol–water partition coefficient (Wildman–Crippen LogP) is 0.276. The van der Waals surface area contributed by atoms with E-state index in [1.54, 1.807) is 0 Å². The lowest BCUT2D eigenvalue weighted by atomic mass is 10.0. The number of amides is 1. The second-order valence-electron chi connectivity index (χ2n) is 4.66. The fourth-order valence-electron chi connectivity index (χ4n) is 2.38. The number of likely N-dealkylation sites (tertiary alicyclic amines) is 1. The maximum Gasteiger partial charge on any atom is 0.236 e. The first kappa shape index (κ1) is 12.5. The number of likely N-dealkylation sites (N-methyl/N-ethyl adjacent to an activating group) is 1. The molecule has 1 heterocycles. The molecular weight excluding hydrogens is 190 g/mol. The van der Waals surface area contributed by atoms with Crippen LogP contribution in [0, 0.1) is 0 Å². The first-order chi connectivity index (χ1) is 7.06. The molecular formula is C11H23N3O. The van der Waals surface area contributed by atoms with Crippen molar-refractivity contribution in [2.24, 2.45) is 5.73 Å². The number of nitrogens with zero attached hydrogens (tertiary/aromatic N) is 2. The molecule has 4 nitrogen and oxygen atoms in total. The van der Waals surface area contributed by atoms with Gasteiger partial charge in [-0.1, -0.05) is 0 Å². The zero-order valence-corrected chi connectivity index (χ0v) is 10.1. The molecule has 15 heavy (non-hydrogen) atoms. The highest BCUT2D eigenvalue weighted by atomic mass is 16.2. The Kier molecular flexibility index (Phi) is 4.54. The molecule has 0 bridgehead atoms. The number of nitrogens with two attached hydrogens (primary N) is 1. The predicted molar refractivity (Wildman–Crippen MR) is 61.6 cm³/mol. The van der Waals surface area contributed by atoms with Crippen molar-refractivity contribution in [1.29, 1.82) is 0 Å². The normalized spacial score (nSPS) is 23.1. The summed E-state index contributed by atoms with van der Waals surface area (Å²) in [6.45, 7) is 6.35. The summed E-state index contributed by atoms with van der Waals surface area (Å²) in [6, 6.07) is 0.595. The molecule has 88 valence electrons. The van der Waals surface area contributed by atoms with Crippen molar-refractivity contribution in [1.82, 2.24) is 9.80 Å². The highest BCUT2D eigenvalue weighted by Gasteiger charge is 2.28. The molecule has 1 aliphatic rings. The van der Waals surface area contributed by atoms with Crippen LogP contribution < -0.4 is 5.73 Å². The molecule has 1 amide bonds. The topological polar surface area (TPSA) is 49.6 Å². The van der Waals surface area contributed by atoms with Crippen LogP contribution in [0.1, 0.15) is 26.7 Å². The lowest BCUT2D eigenvalue weighted by molar-refractivity contribution is -0.135. The highest BCUT2D eigenvalue weighted by Crippen LogP contribution is 2.17. The molecule has 4 heteroatoms. The van der Waals surface area contributed by atoms with Crippen molar-refractivity contribution in [3.63, 3.8) is 0 Å². The van der Waals surface area contributed by atoms with Crippen molar-refractivity contribution in [3.8, 4) is 0 Å².